The smallest absolute Gasteiger partial charge is 0.231 e. The van der Waals surface area contributed by atoms with E-state index in [4.69, 9.17) is 18.6 Å². The van der Waals surface area contributed by atoms with Gasteiger partial charge in [0, 0.05) is 18.5 Å². The molecule has 2 aromatic rings. The lowest BCUT2D eigenvalue weighted by Gasteiger charge is -2.13. The van der Waals surface area contributed by atoms with Gasteiger partial charge in [0.25, 0.3) is 0 Å². The zero-order chi connectivity index (χ0) is 17.2. The highest BCUT2D eigenvalue weighted by atomic mass is 16.7. The van der Waals surface area contributed by atoms with Crippen LogP contribution in [0.15, 0.2) is 34.7 Å². The van der Waals surface area contributed by atoms with Crippen molar-refractivity contribution in [3.05, 3.63) is 41.9 Å². The summed E-state index contributed by atoms with van der Waals surface area (Å²) in [5.74, 6) is 5.35. The summed E-state index contributed by atoms with van der Waals surface area (Å²) < 4.78 is 22.0. The Hall–Kier alpha value is -2.18. The molecule has 1 aliphatic carbocycles. The van der Waals surface area contributed by atoms with Gasteiger partial charge in [-0.1, -0.05) is 6.92 Å². The Morgan fingerprint density at radius 3 is 2.92 bits per heavy atom. The average molecular weight is 345 g/mol. The zero-order valence-electron chi connectivity index (χ0n) is 14.2. The first-order chi connectivity index (χ1) is 12.2. The highest BCUT2D eigenvalue weighted by Crippen LogP contribution is 2.47. The number of fused-ring (bicyclic) bond motifs is 1. The normalized spacial score (nSPS) is 22.0. The van der Waals surface area contributed by atoms with Gasteiger partial charge in [0.2, 0.25) is 6.79 Å². The van der Waals surface area contributed by atoms with Gasteiger partial charge in [-0.3, -0.25) is 0 Å². The molecule has 2 N–H and O–H groups in total. The van der Waals surface area contributed by atoms with E-state index in [9.17, 15) is 5.11 Å². The third-order valence-corrected chi connectivity index (χ3v) is 4.62. The van der Waals surface area contributed by atoms with Gasteiger partial charge in [0.15, 0.2) is 11.5 Å². The lowest BCUT2D eigenvalue weighted by atomic mass is 10.3. The molecule has 3 unspecified atom stereocenters. The van der Waals surface area contributed by atoms with Crippen molar-refractivity contribution in [1.29, 1.82) is 0 Å². The van der Waals surface area contributed by atoms with E-state index in [1.54, 1.807) is 18.2 Å². The van der Waals surface area contributed by atoms with Gasteiger partial charge in [-0.15, -0.1) is 0 Å². The quantitative estimate of drug-likeness (QED) is 0.766. The third-order valence-electron chi connectivity index (χ3n) is 4.62. The maximum atomic E-state index is 10.0. The standard InChI is InChI=1S/C19H23NO5/c1-12-6-16(12)17-4-3-15(25-17)9-20-8-13(21)10-22-14-2-5-18-19(7-14)24-11-23-18/h2-5,7,12-13,16,20-21H,6,8-11H2,1H3. The Morgan fingerprint density at radius 2 is 2.08 bits per heavy atom. The van der Waals surface area contributed by atoms with Crippen LogP contribution in [0.5, 0.6) is 17.2 Å². The molecule has 0 saturated heterocycles. The molecule has 1 aliphatic heterocycles. The first-order valence-corrected chi connectivity index (χ1v) is 8.69. The van der Waals surface area contributed by atoms with Crippen molar-refractivity contribution in [3.63, 3.8) is 0 Å². The molecule has 3 atom stereocenters. The molecule has 25 heavy (non-hydrogen) atoms. The second-order valence-electron chi connectivity index (χ2n) is 6.73. The topological polar surface area (TPSA) is 73.1 Å². The average Bonchev–Trinajstić information content (AvgIpc) is 3.03. The molecule has 6 nitrogen and oxygen atoms in total. The van der Waals surface area contributed by atoms with Crippen LogP contribution in [0.3, 0.4) is 0 Å². The summed E-state index contributed by atoms with van der Waals surface area (Å²) in [4.78, 5) is 0. The minimum Gasteiger partial charge on any atom is -0.491 e. The fourth-order valence-corrected chi connectivity index (χ4v) is 2.99. The van der Waals surface area contributed by atoms with Crippen molar-refractivity contribution in [2.75, 3.05) is 19.9 Å². The monoisotopic (exact) mass is 345 g/mol. The minimum absolute atomic E-state index is 0.204. The van der Waals surface area contributed by atoms with E-state index in [0.29, 0.717) is 36.3 Å². The van der Waals surface area contributed by atoms with Crippen LogP contribution < -0.4 is 19.5 Å². The molecule has 0 amide bonds. The van der Waals surface area contributed by atoms with Gasteiger partial charge in [-0.05, 0) is 36.6 Å². The number of aliphatic hydroxyl groups excluding tert-OH is 1. The van der Waals surface area contributed by atoms with Crippen LogP contribution >= 0.6 is 0 Å². The lowest BCUT2D eigenvalue weighted by molar-refractivity contribution is 0.105. The molecule has 1 aromatic carbocycles. The van der Waals surface area contributed by atoms with Crippen LogP contribution in [0.25, 0.3) is 0 Å². The number of rotatable bonds is 8. The molecule has 2 heterocycles. The third kappa shape index (κ3) is 3.91. The van der Waals surface area contributed by atoms with Crippen molar-refractivity contribution in [2.45, 2.75) is 31.9 Å². The summed E-state index contributed by atoms with van der Waals surface area (Å²) in [6.07, 6.45) is 0.610. The Balaban J connectivity index is 1.18. The SMILES string of the molecule is CC1CC1c1ccc(CNCC(O)COc2ccc3c(c2)OCO3)o1. The maximum absolute atomic E-state index is 10.0. The molecule has 4 rings (SSSR count). The Labute approximate surface area is 146 Å². The summed E-state index contributed by atoms with van der Waals surface area (Å²) in [6, 6.07) is 9.44. The predicted octanol–water partition coefficient (Wildman–Crippen LogP) is 2.66. The molecule has 1 fully saturated rings. The number of furan rings is 1. The molecular weight excluding hydrogens is 322 g/mol. The minimum atomic E-state index is -0.608. The highest BCUT2D eigenvalue weighted by Gasteiger charge is 2.36. The Kier molecular flexibility index (Phi) is 4.55. The van der Waals surface area contributed by atoms with Crippen LogP contribution in [-0.2, 0) is 6.54 Å². The first kappa shape index (κ1) is 16.3. The fraction of sp³-hybridized carbons (Fsp3) is 0.474. The number of nitrogens with one attached hydrogen (secondary N) is 1. The summed E-state index contributed by atoms with van der Waals surface area (Å²) in [7, 11) is 0. The van der Waals surface area contributed by atoms with Gasteiger partial charge in [0.05, 0.1) is 6.54 Å². The van der Waals surface area contributed by atoms with Gasteiger partial charge < -0.3 is 29.1 Å². The summed E-state index contributed by atoms with van der Waals surface area (Å²) in [6.45, 7) is 3.71. The number of hydrogen-bond donors (Lipinski definition) is 2. The van der Waals surface area contributed by atoms with Crippen molar-refractivity contribution in [3.8, 4) is 17.2 Å². The van der Waals surface area contributed by atoms with E-state index < -0.39 is 6.10 Å². The first-order valence-electron chi connectivity index (χ1n) is 8.69. The molecule has 0 spiro atoms. The van der Waals surface area contributed by atoms with E-state index in [1.807, 2.05) is 6.07 Å². The Bertz CT molecular complexity index is 728. The number of hydrogen-bond acceptors (Lipinski definition) is 6. The molecular formula is C19H23NO5. The van der Waals surface area contributed by atoms with Gasteiger partial charge >= 0.3 is 0 Å². The number of aliphatic hydroxyl groups is 1. The second-order valence-corrected chi connectivity index (χ2v) is 6.73. The molecule has 134 valence electrons. The summed E-state index contributed by atoms with van der Waals surface area (Å²) in [5.41, 5.74) is 0. The lowest BCUT2D eigenvalue weighted by Crippen LogP contribution is -2.31. The van der Waals surface area contributed by atoms with Crippen LogP contribution in [0.4, 0.5) is 0 Å². The maximum Gasteiger partial charge on any atom is 0.231 e. The van der Waals surface area contributed by atoms with Crippen LogP contribution in [0.2, 0.25) is 0 Å². The highest BCUT2D eigenvalue weighted by molar-refractivity contribution is 5.46. The van der Waals surface area contributed by atoms with E-state index >= 15 is 0 Å². The van der Waals surface area contributed by atoms with Gasteiger partial charge in [-0.2, -0.15) is 0 Å². The van der Waals surface area contributed by atoms with Gasteiger partial charge in [0.1, 0.15) is 30.0 Å². The molecule has 6 heteroatoms. The van der Waals surface area contributed by atoms with E-state index in [0.717, 1.165) is 17.4 Å². The molecule has 1 aromatic heterocycles. The summed E-state index contributed by atoms with van der Waals surface area (Å²) in [5, 5.41) is 13.2. The Morgan fingerprint density at radius 1 is 1.24 bits per heavy atom. The van der Waals surface area contributed by atoms with Crippen molar-refractivity contribution in [1.82, 2.24) is 5.32 Å². The number of benzene rings is 1. The van der Waals surface area contributed by atoms with Crippen LogP contribution in [0.1, 0.15) is 30.8 Å². The van der Waals surface area contributed by atoms with Crippen molar-refractivity contribution < 1.29 is 23.7 Å². The molecule has 2 aliphatic rings. The summed E-state index contributed by atoms with van der Waals surface area (Å²) >= 11 is 0. The number of ether oxygens (including phenoxy) is 3. The zero-order valence-corrected chi connectivity index (χ0v) is 14.2. The van der Waals surface area contributed by atoms with E-state index in [2.05, 4.69) is 18.3 Å². The second kappa shape index (κ2) is 6.98. The largest absolute Gasteiger partial charge is 0.491 e. The van der Waals surface area contributed by atoms with Crippen molar-refractivity contribution >= 4 is 0 Å². The van der Waals surface area contributed by atoms with Crippen molar-refractivity contribution in [2.24, 2.45) is 5.92 Å². The molecule has 0 bridgehead atoms. The van der Waals surface area contributed by atoms with Gasteiger partial charge in [-0.25, -0.2) is 0 Å². The van der Waals surface area contributed by atoms with Crippen LogP contribution in [-0.4, -0.2) is 31.2 Å². The molecule has 1 saturated carbocycles. The van der Waals surface area contributed by atoms with Crippen LogP contribution in [0, 0.1) is 5.92 Å². The molecule has 0 radical (unpaired) electrons. The predicted molar refractivity (Wildman–Crippen MR) is 91.0 cm³/mol. The van der Waals surface area contributed by atoms with E-state index in [-0.39, 0.29) is 13.4 Å². The fourth-order valence-electron chi connectivity index (χ4n) is 2.99. The van der Waals surface area contributed by atoms with E-state index in [1.165, 1.54) is 6.42 Å².